The number of carbonyl (C=O) groups excluding carboxylic acids is 6. The maximum atomic E-state index is 11.6. The molecule has 0 amide bonds. The van der Waals surface area contributed by atoms with Crippen LogP contribution in [0.3, 0.4) is 0 Å². The Morgan fingerprint density at radius 2 is 1.02 bits per heavy atom. The minimum Gasteiger partial charge on any atom is -0.466 e. The van der Waals surface area contributed by atoms with Gasteiger partial charge in [0, 0.05) is 12.0 Å². The van der Waals surface area contributed by atoms with Gasteiger partial charge in [-0.3, -0.25) is 24.0 Å². The summed E-state index contributed by atoms with van der Waals surface area (Å²) in [6, 6.07) is 17.1. The Morgan fingerprint density at radius 1 is 0.585 bits per heavy atom. The second-order valence-electron chi connectivity index (χ2n) is 8.04. The number of hydrogen-bond donors (Lipinski definition) is 0. The van der Waals surface area contributed by atoms with Gasteiger partial charge in [-0.2, -0.15) is 0 Å². The monoisotopic (exact) mass is 574 g/mol. The number of hydrogen-bond acceptors (Lipinski definition) is 8. The van der Waals surface area contributed by atoms with Crippen LogP contribution < -0.4 is 0 Å². The van der Waals surface area contributed by atoms with Crippen LogP contribution in [0.2, 0.25) is 0 Å². The highest BCUT2D eigenvalue weighted by Crippen LogP contribution is 2.04. The van der Waals surface area contributed by atoms with E-state index in [1.165, 1.54) is 31.4 Å². The zero-order valence-electron chi connectivity index (χ0n) is 22.7. The van der Waals surface area contributed by atoms with Crippen LogP contribution in [0.25, 0.3) is 0 Å². The van der Waals surface area contributed by atoms with Crippen LogP contribution in [0.4, 0.5) is 0 Å². The first-order valence-electron chi connectivity index (χ1n) is 12.8. The lowest BCUT2D eigenvalue weighted by atomic mass is 10.1. The molecule has 8 nitrogen and oxygen atoms in total. The molecule has 2 aromatic carbocycles. The Bertz CT molecular complexity index is 1010. The average Bonchev–Trinajstić information content (AvgIpc) is 2.90. The van der Waals surface area contributed by atoms with Gasteiger partial charge in [0.1, 0.15) is 12.8 Å². The van der Waals surface area contributed by atoms with E-state index in [4.69, 9.17) is 0 Å². The number of benzene rings is 2. The van der Waals surface area contributed by atoms with Gasteiger partial charge in [-0.25, -0.2) is 4.79 Å². The highest BCUT2D eigenvalue weighted by atomic mass is 16.6. The van der Waals surface area contributed by atoms with Gasteiger partial charge in [0.05, 0.1) is 18.6 Å². The van der Waals surface area contributed by atoms with Crippen LogP contribution in [0, 0.1) is 0 Å². The van der Waals surface area contributed by atoms with Crippen LogP contribution in [0.5, 0.6) is 0 Å². The Balaban J connectivity index is -0.000000317. The van der Waals surface area contributed by atoms with Crippen molar-refractivity contribution in [1.82, 2.24) is 0 Å². The largest absolute Gasteiger partial charge is 0.466 e. The average molecular weight is 575 g/mol. The number of rotatable bonds is 12. The molecule has 2 aromatic rings. The third-order valence-electron chi connectivity index (χ3n) is 4.72. The molecule has 0 fully saturated rings. The van der Waals surface area contributed by atoms with Crippen molar-refractivity contribution in [3.05, 3.63) is 71.8 Å². The number of Topliss-reactive ketones (excluding diaryl/α,β-unsaturated/α-hetero) is 3. The summed E-state index contributed by atoms with van der Waals surface area (Å²) >= 11 is 0. The molecule has 0 N–H and O–H groups in total. The van der Waals surface area contributed by atoms with E-state index < -0.39 is 48.7 Å². The Hall–Kier alpha value is -3.94. The SMILES string of the molecule is C.C.C.CCC(=O)c1ccccc1.CCCCC.CCOC(=O)CC(=O)CC(=O)CC(=O)OC(=O)c1ccccc1. The topological polar surface area (TPSA) is 121 Å². The molecule has 0 aliphatic heterocycles. The first kappa shape index (κ1) is 44.1. The van der Waals surface area contributed by atoms with Crippen molar-refractivity contribution in [3.8, 4) is 0 Å². The fourth-order valence-electron chi connectivity index (χ4n) is 2.83. The van der Waals surface area contributed by atoms with Crippen LogP contribution in [0.15, 0.2) is 60.7 Å². The molecule has 0 bridgehead atoms. The van der Waals surface area contributed by atoms with E-state index in [1.54, 1.807) is 25.1 Å². The Morgan fingerprint density at radius 3 is 1.41 bits per heavy atom. The molecule has 2 rings (SSSR count). The molecule has 230 valence electrons. The molecule has 0 heterocycles. The van der Waals surface area contributed by atoms with E-state index in [-0.39, 0.29) is 40.2 Å². The number of ketones is 3. The van der Waals surface area contributed by atoms with Crippen molar-refractivity contribution in [2.24, 2.45) is 0 Å². The molecule has 8 heteroatoms. The molecular formula is C33H50O8. The quantitative estimate of drug-likeness (QED) is 0.144. The van der Waals surface area contributed by atoms with Gasteiger partial charge in [-0.1, -0.05) is 111 Å². The Kier molecular flexibility index (Phi) is 29.7. The molecule has 0 radical (unpaired) electrons. The van der Waals surface area contributed by atoms with Crippen molar-refractivity contribution in [2.75, 3.05) is 6.61 Å². The van der Waals surface area contributed by atoms with E-state index in [2.05, 4.69) is 23.3 Å². The maximum absolute atomic E-state index is 11.6. The van der Waals surface area contributed by atoms with Crippen LogP contribution in [-0.2, 0) is 28.7 Å². The normalized spacial score (nSPS) is 8.78. The summed E-state index contributed by atoms with van der Waals surface area (Å²) in [4.78, 5) is 68.1. The summed E-state index contributed by atoms with van der Waals surface area (Å²) in [5.41, 5.74) is 0.983. The number of ether oxygens (including phenoxy) is 2. The molecule has 0 aromatic heterocycles. The van der Waals surface area contributed by atoms with Crippen LogP contribution in [0.1, 0.15) is 116 Å². The molecule has 0 atom stereocenters. The fraction of sp³-hybridized carbons (Fsp3) is 0.455. The van der Waals surface area contributed by atoms with E-state index in [1.807, 2.05) is 37.3 Å². The molecule has 41 heavy (non-hydrogen) atoms. The zero-order valence-corrected chi connectivity index (χ0v) is 22.7. The van der Waals surface area contributed by atoms with Gasteiger partial charge in [0.2, 0.25) is 0 Å². The van der Waals surface area contributed by atoms with Gasteiger partial charge in [0.15, 0.2) is 17.3 Å². The van der Waals surface area contributed by atoms with E-state index in [9.17, 15) is 28.8 Å². The van der Waals surface area contributed by atoms with Crippen LogP contribution >= 0.6 is 0 Å². The van der Waals surface area contributed by atoms with Crippen molar-refractivity contribution >= 4 is 35.3 Å². The lowest BCUT2D eigenvalue weighted by Gasteiger charge is -2.03. The predicted molar refractivity (Wildman–Crippen MR) is 164 cm³/mol. The number of esters is 3. The first-order chi connectivity index (χ1) is 18.2. The van der Waals surface area contributed by atoms with Gasteiger partial charge >= 0.3 is 17.9 Å². The number of unbranched alkanes of at least 4 members (excludes halogenated alkanes) is 2. The summed E-state index contributed by atoms with van der Waals surface area (Å²) in [7, 11) is 0. The van der Waals surface area contributed by atoms with Gasteiger partial charge in [-0.05, 0) is 19.1 Å². The molecule has 0 saturated heterocycles. The molecular weight excluding hydrogens is 524 g/mol. The highest BCUT2D eigenvalue weighted by Gasteiger charge is 2.20. The maximum Gasteiger partial charge on any atom is 0.345 e. The third kappa shape index (κ3) is 22.6. The molecule has 0 saturated carbocycles. The summed E-state index contributed by atoms with van der Waals surface area (Å²) in [6.45, 7) is 8.02. The van der Waals surface area contributed by atoms with Crippen molar-refractivity contribution in [1.29, 1.82) is 0 Å². The zero-order chi connectivity index (χ0) is 28.8. The van der Waals surface area contributed by atoms with Crippen molar-refractivity contribution < 1.29 is 38.2 Å². The molecule has 0 aliphatic rings. The molecule has 0 spiro atoms. The summed E-state index contributed by atoms with van der Waals surface area (Å²) in [5, 5.41) is 0. The van der Waals surface area contributed by atoms with Gasteiger partial charge in [0.25, 0.3) is 0 Å². The van der Waals surface area contributed by atoms with Gasteiger partial charge in [-0.15, -0.1) is 0 Å². The third-order valence-corrected chi connectivity index (χ3v) is 4.72. The van der Waals surface area contributed by atoms with Crippen molar-refractivity contribution in [2.45, 2.75) is 94.9 Å². The second-order valence-corrected chi connectivity index (χ2v) is 8.04. The Labute approximate surface area is 246 Å². The summed E-state index contributed by atoms with van der Waals surface area (Å²) < 4.78 is 9.08. The minimum atomic E-state index is -1.05. The molecule has 0 aliphatic carbocycles. The minimum absolute atomic E-state index is 0. The predicted octanol–water partition coefficient (Wildman–Crippen LogP) is 7.63. The summed E-state index contributed by atoms with van der Waals surface area (Å²) in [5.74, 6) is -3.83. The second kappa shape index (κ2) is 27.6. The van der Waals surface area contributed by atoms with E-state index in [0.717, 1.165) is 5.56 Å². The lowest BCUT2D eigenvalue weighted by Crippen LogP contribution is -2.19. The summed E-state index contributed by atoms with van der Waals surface area (Å²) in [6.07, 6.45) is 2.83. The number of carbonyl (C=O) groups is 6. The van der Waals surface area contributed by atoms with E-state index in [0.29, 0.717) is 6.42 Å². The standard InChI is InChI=1S/C16H16O7.C9H10O.C5H12.3CH4/c1-2-22-14(19)9-12(17)8-13(18)10-15(20)23-16(21)11-6-4-3-5-7-11;1-2-9(10)8-6-4-3-5-7-8;1-3-5-4-2;;;/h3-7H,2,8-10H2,1H3;3-7H,2H2,1H3;3-5H2,1-2H3;3*1H4. The fourth-order valence-corrected chi connectivity index (χ4v) is 2.83. The van der Waals surface area contributed by atoms with E-state index >= 15 is 0 Å². The van der Waals surface area contributed by atoms with Crippen LogP contribution in [-0.4, -0.2) is 41.9 Å². The smallest absolute Gasteiger partial charge is 0.345 e. The lowest BCUT2D eigenvalue weighted by molar-refractivity contribution is -0.145. The van der Waals surface area contributed by atoms with Gasteiger partial charge < -0.3 is 9.47 Å². The highest BCUT2D eigenvalue weighted by molar-refractivity contribution is 6.10. The first-order valence-corrected chi connectivity index (χ1v) is 12.8. The molecule has 0 unspecified atom stereocenters. The van der Waals surface area contributed by atoms with Crippen molar-refractivity contribution in [3.63, 3.8) is 0 Å².